The van der Waals surface area contributed by atoms with Crippen LogP contribution in [0.2, 0.25) is 5.02 Å². The summed E-state index contributed by atoms with van der Waals surface area (Å²) in [5.74, 6) is 0.381. The van der Waals surface area contributed by atoms with Crippen molar-refractivity contribution in [2.45, 2.75) is 38.6 Å². The molecule has 1 aromatic rings. The van der Waals surface area contributed by atoms with Crippen LogP contribution in [-0.4, -0.2) is 31.1 Å². The van der Waals surface area contributed by atoms with E-state index < -0.39 is 0 Å². The van der Waals surface area contributed by atoms with Crippen LogP contribution < -0.4 is 16.0 Å². The van der Waals surface area contributed by atoms with Gasteiger partial charge in [0, 0.05) is 36.0 Å². The summed E-state index contributed by atoms with van der Waals surface area (Å²) in [6, 6.07) is 7.78. The molecule has 1 aliphatic rings. The third kappa shape index (κ3) is 5.75. The molecular weight excluding hydrogens is 314 g/mol. The second-order valence-corrected chi connectivity index (χ2v) is 6.64. The first kappa shape index (κ1) is 17.6. The molecule has 0 heterocycles. The summed E-state index contributed by atoms with van der Waals surface area (Å²) in [4.78, 5) is 23.2. The lowest BCUT2D eigenvalue weighted by Gasteiger charge is -2.09. The lowest BCUT2D eigenvalue weighted by Crippen LogP contribution is -2.39. The largest absolute Gasteiger partial charge is 0.356 e. The van der Waals surface area contributed by atoms with Crippen molar-refractivity contribution in [3.8, 4) is 0 Å². The molecule has 1 aliphatic carbocycles. The van der Waals surface area contributed by atoms with Gasteiger partial charge in [0.05, 0.1) is 0 Å². The number of urea groups is 1. The maximum absolute atomic E-state index is 11.8. The van der Waals surface area contributed by atoms with Crippen molar-refractivity contribution in [3.63, 3.8) is 0 Å². The predicted octanol–water partition coefficient (Wildman–Crippen LogP) is 2.66. The molecular formula is C17H24ClN3O2. The molecule has 1 aromatic carbocycles. The van der Waals surface area contributed by atoms with Crippen LogP contribution in [0.1, 0.15) is 38.2 Å². The van der Waals surface area contributed by atoms with Crippen molar-refractivity contribution in [2.75, 3.05) is 13.1 Å². The number of nitrogens with one attached hydrogen (secondary N) is 3. The first-order chi connectivity index (χ1) is 11.0. The molecule has 3 N–H and O–H groups in total. The molecule has 0 spiro atoms. The van der Waals surface area contributed by atoms with Crippen LogP contribution in [0, 0.1) is 5.92 Å². The van der Waals surface area contributed by atoms with Gasteiger partial charge in [0.25, 0.3) is 0 Å². The van der Waals surface area contributed by atoms with Gasteiger partial charge in [-0.1, -0.05) is 37.6 Å². The Morgan fingerprint density at radius 3 is 2.70 bits per heavy atom. The van der Waals surface area contributed by atoms with Crippen molar-refractivity contribution < 1.29 is 9.59 Å². The van der Waals surface area contributed by atoms with Gasteiger partial charge in [-0.05, 0) is 30.5 Å². The standard InChI is InChI=1S/C17H24ClN3O2/c1-11(2)16(22)19-7-4-8-20-17(23)21-15-10-14(15)12-5-3-6-13(18)9-12/h3,5-6,9,11,14-15H,4,7-8,10H2,1-2H3,(H,19,22)(H2,20,21,23)/t14-,15-/m1/s1. The van der Waals surface area contributed by atoms with Gasteiger partial charge in [-0.25, -0.2) is 4.79 Å². The summed E-state index contributed by atoms with van der Waals surface area (Å²) in [5.41, 5.74) is 1.17. The van der Waals surface area contributed by atoms with Crippen molar-refractivity contribution in [2.24, 2.45) is 5.92 Å². The van der Waals surface area contributed by atoms with Gasteiger partial charge in [0.2, 0.25) is 5.91 Å². The molecule has 1 saturated carbocycles. The summed E-state index contributed by atoms with van der Waals surface area (Å²) in [6.07, 6.45) is 1.66. The van der Waals surface area contributed by atoms with Gasteiger partial charge in [0.15, 0.2) is 0 Å². The average Bonchev–Trinajstić information content (AvgIpc) is 3.25. The fourth-order valence-electron chi connectivity index (χ4n) is 2.39. The van der Waals surface area contributed by atoms with E-state index in [1.54, 1.807) is 0 Å². The molecule has 6 heteroatoms. The molecule has 126 valence electrons. The number of halogens is 1. The van der Waals surface area contributed by atoms with E-state index in [1.807, 2.05) is 38.1 Å². The molecule has 3 amide bonds. The molecule has 0 unspecified atom stereocenters. The quantitative estimate of drug-likeness (QED) is 0.669. The molecule has 23 heavy (non-hydrogen) atoms. The highest BCUT2D eigenvalue weighted by Crippen LogP contribution is 2.41. The fourth-order valence-corrected chi connectivity index (χ4v) is 2.58. The SMILES string of the molecule is CC(C)C(=O)NCCCNC(=O)N[C@@H]1C[C@@H]1c1cccc(Cl)c1. The minimum absolute atomic E-state index is 0.00968. The Bertz CT molecular complexity index is 563. The number of carbonyl (C=O) groups is 2. The van der Waals surface area contributed by atoms with E-state index in [9.17, 15) is 9.59 Å². The van der Waals surface area contributed by atoms with E-state index in [-0.39, 0.29) is 23.9 Å². The zero-order valence-electron chi connectivity index (χ0n) is 13.6. The van der Waals surface area contributed by atoms with E-state index in [0.717, 1.165) is 11.4 Å². The summed E-state index contributed by atoms with van der Waals surface area (Å²) in [7, 11) is 0. The zero-order chi connectivity index (χ0) is 16.8. The Labute approximate surface area is 142 Å². The Morgan fingerprint density at radius 2 is 2.00 bits per heavy atom. The summed E-state index contributed by atoms with van der Waals surface area (Å²) in [5, 5.41) is 9.32. The first-order valence-corrected chi connectivity index (χ1v) is 8.42. The van der Waals surface area contributed by atoms with Crippen molar-refractivity contribution in [1.82, 2.24) is 16.0 Å². The third-order valence-electron chi connectivity index (χ3n) is 3.85. The van der Waals surface area contributed by atoms with Gasteiger partial charge in [-0.3, -0.25) is 4.79 Å². The predicted molar refractivity (Wildman–Crippen MR) is 91.6 cm³/mol. The highest BCUT2D eigenvalue weighted by atomic mass is 35.5. The van der Waals surface area contributed by atoms with Crippen LogP contribution in [0.3, 0.4) is 0 Å². The first-order valence-electron chi connectivity index (χ1n) is 8.05. The van der Waals surface area contributed by atoms with Crippen molar-refractivity contribution in [1.29, 1.82) is 0 Å². The molecule has 1 fully saturated rings. The molecule has 0 aliphatic heterocycles. The number of carbonyl (C=O) groups excluding carboxylic acids is 2. The molecule has 0 radical (unpaired) electrons. The highest BCUT2D eigenvalue weighted by molar-refractivity contribution is 6.30. The molecule has 5 nitrogen and oxygen atoms in total. The monoisotopic (exact) mass is 337 g/mol. The lowest BCUT2D eigenvalue weighted by atomic mass is 10.1. The number of amides is 3. The highest BCUT2D eigenvalue weighted by Gasteiger charge is 2.39. The lowest BCUT2D eigenvalue weighted by molar-refractivity contribution is -0.123. The van der Waals surface area contributed by atoms with E-state index in [2.05, 4.69) is 16.0 Å². The summed E-state index contributed by atoms with van der Waals surface area (Å²) >= 11 is 5.98. The van der Waals surface area contributed by atoms with Gasteiger partial charge in [0.1, 0.15) is 0 Å². The zero-order valence-corrected chi connectivity index (χ0v) is 14.3. The number of hydrogen-bond donors (Lipinski definition) is 3. The van der Waals surface area contributed by atoms with Crippen molar-refractivity contribution >= 4 is 23.5 Å². The molecule has 0 saturated heterocycles. The van der Waals surface area contributed by atoms with E-state index >= 15 is 0 Å². The number of benzene rings is 1. The summed E-state index contributed by atoms with van der Waals surface area (Å²) < 4.78 is 0. The second kappa shape index (κ2) is 8.20. The van der Waals surface area contributed by atoms with Gasteiger partial charge in [-0.15, -0.1) is 0 Å². The van der Waals surface area contributed by atoms with Gasteiger partial charge < -0.3 is 16.0 Å². The van der Waals surface area contributed by atoms with Crippen molar-refractivity contribution in [3.05, 3.63) is 34.9 Å². The Hall–Kier alpha value is -1.75. The summed E-state index contributed by atoms with van der Waals surface area (Å²) in [6.45, 7) is 4.82. The molecule has 2 rings (SSSR count). The fraction of sp³-hybridized carbons (Fsp3) is 0.529. The minimum Gasteiger partial charge on any atom is -0.356 e. The maximum atomic E-state index is 11.8. The minimum atomic E-state index is -0.158. The topological polar surface area (TPSA) is 70.2 Å². The van der Waals surface area contributed by atoms with Crippen LogP contribution in [-0.2, 0) is 4.79 Å². The van der Waals surface area contributed by atoms with Gasteiger partial charge in [-0.2, -0.15) is 0 Å². The normalized spacial score (nSPS) is 19.3. The maximum Gasteiger partial charge on any atom is 0.315 e. The number of rotatable bonds is 7. The van der Waals surface area contributed by atoms with E-state index in [4.69, 9.17) is 11.6 Å². The van der Waals surface area contributed by atoms with E-state index in [0.29, 0.717) is 25.4 Å². The van der Waals surface area contributed by atoms with Crippen LogP contribution in [0.25, 0.3) is 0 Å². The Balaban J connectivity index is 1.59. The third-order valence-corrected chi connectivity index (χ3v) is 4.08. The number of hydrogen-bond acceptors (Lipinski definition) is 2. The van der Waals surface area contributed by atoms with Crippen LogP contribution in [0.15, 0.2) is 24.3 Å². The van der Waals surface area contributed by atoms with Gasteiger partial charge >= 0.3 is 6.03 Å². The van der Waals surface area contributed by atoms with Crippen LogP contribution in [0.4, 0.5) is 4.79 Å². The second-order valence-electron chi connectivity index (χ2n) is 6.20. The Morgan fingerprint density at radius 1 is 1.26 bits per heavy atom. The smallest absolute Gasteiger partial charge is 0.315 e. The van der Waals surface area contributed by atoms with E-state index in [1.165, 1.54) is 5.56 Å². The molecule has 0 bridgehead atoms. The average molecular weight is 338 g/mol. The Kier molecular flexibility index (Phi) is 6.28. The van der Waals surface area contributed by atoms with Crippen LogP contribution in [0.5, 0.6) is 0 Å². The van der Waals surface area contributed by atoms with Crippen LogP contribution >= 0.6 is 11.6 Å². The molecule has 2 atom stereocenters. The molecule has 0 aromatic heterocycles.